The Morgan fingerprint density at radius 2 is 1.95 bits per heavy atom. The summed E-state index contributed by atoms with van der Waals surface area (Å²) in [7, 11) is 0. The Bertz CT molecular complexity index is 576. The molecule has 0 spiro atoms. The molecular weight excluding hydrogens is 400 g/mol. The fourth-order valence-electron chi connectivity index (χ4n) is 3.29. The molecule has 2 heterocycles. The van der Waals surface area contributed by atoms with Crippen molar-refractivity contribution >= 4 is 49.8 Å². The Morgan fingerprint density at radius 3 is 2.60 bits per heavy atom. The Hall–Kier alpha value is -0.260. The van der Waals surface area contributed by atoms with Gasteiger partial charge >= 0.3 is 0 Å². The van der Waals surface area contributed by atoms with Crippen LogP contribution >= 0.6 is 44.7 Å². The van der Waals surface area contributed by atoms with Crippen LogP contribution in [0.2, 0.25) is 0 Å². The minimum absolute atomic E-state index is 0. The first-order valence-corrected chi connectivity index (χ1v) is 8.42. The van der Waals surface area contributed by atoms with E-state index in [9.17, 15) is 0 Å². The second-order valence-corrected chi connectivity index (χ2v) is 7.13. The van der Waals surface area contributed by atoms with Gasteiger partial charge in [0, 0.05) is 22.1 Å². The molecule has 2 aliphatic heterocycles. The van der Waals surface area contributed by atoms with E-state index in [1.165, 1.54) is 35.7 Å². The van der Waals surface area contributed by atoms with Gasteiger partial charge in [0.25, 0.3) is 0 Å². The Balaban J connectivity index is 0.00000121. The lowest BCUT2D eigenvalue weighted by Gasteiger charge is -2.45. The Kier molecular flexibility index (Phi) is 4.04. The number of aliphatic imine (C=N–C) groups is 1. The van der Waals surface area contributed by atoms with Gasteiger partial charge in [-0.2, -0.15) is 0 Å². The van der Waals surface area contributed by atoms with Crippen molar-refractivity contribution in [3.05, 3.63) is 45.4 Å². The van der Waals surface area contributed by atoms with Crippen molar-refractivity contribution in [2.24, 2.45) is 4.99 Å². The van der Waals surface area contributed by atoms with E-state index in [1.54, 1.807) is 11.8 Å². The molecule has 1 fully saturated rings. The van der Waals surface area contributed by atoms with Crippen molar-refractivity contribution in [3.8, 4) is 0 Å². The lowest BCUT2D eigenvalue weighted by Crippen LogP contribution is -2.42. The third-order valence-corrected chi connectivity index (χ3v) is 5.89. The van der Waals surface area contributed by atoms with Crippen molar-refractivity contribution in [1.82, 2.24) is 4.90 Å². The predicted molar refractivity (Wildman–Crippen MR) is 94.7 cm³/mol. The molecule has 20 heavy (non-hydrogen) atoms. The van der Waals surface area contributed by atoms with E-state index in [1.807, 2.05) is 0 Å². The van der Waals surface area contributed by atoms with E-state index in [4.69, 9.17) is 0 Å². The van der Waals surface area contributed by atoms with Gasteiger partial charge < -0.3 is 4.90 Å². The minimum atomic E-state index is 0. The number of thioether (sulfide) groups is 1. The highest BCUT2D eigenvalue weighted by Gasteiger charge is 2.47. The molecule has 0 unspecified atom stereocenters. The summed E-state index contributed by atoms with van der Waals surface area (Å²) >= 11 is 5.33. The summed E-state index contributed by atoms with van der Waals surface area (Å²) in [5, 5.41) is 3.54. The summed E-state index contributed by atoms with van der Waals surface area (Å²) in [6.45, 7) is 2.02. The van der Waals surface area contributed by atoms with Crippen LogP contribution in [0, 0.1) is 0 Å². The number of fused-ring (bicyclic) bond motifs is 1. The van der Waals surface area contributed by atoms with Crippen LogP contribution in [0.3, 0.4) is 0 Å². The summed E-state index contributed by atoms with van der Waals surface area (Å²) in [5.74, 6) is 0. The monoisotopic (exact) mass is 414 g/mol. The summed E-state index contributed by atoms with van der Waals surface area (Å²) in [6, 6.07) is 8.88. The quantitative estimate of drug-likeness (QED) is 0.695. The maximum atomic E-state index is 4.57. The fraction of sp³-hybridized carbons (Fsp3) is 0.400. The van der Waals surface area contributed by atoms with Crippen LogP contribution in [-0.4, -0.2) is 23.2 Å². The van der Waals surface area contributed by atoms with Crippen molar-refractivity contribution in [2.75, 3.05) is 13.1 Å². The molecule has 5 heteroatoms. The third kappa shape index (κ3) is 2.09. The molecule has 1 aromatic rings. The highest BCUT2D eigenvalue weighted by molar-refractivity contribution is 9.10. The van der Waals surface area contributed by atoms with E-state index < -0.39 is 0 Å². The number of halogens is 2. The number of amidine groups is 1. The number of benzene rings is 1. The molecule has 2 nitrogen and oxygen atoms in total. The molecule has 0 saturated heterocycles. The predicted octanol–water partition coefficient (Wildman–Crippen LogP) is 4.71. The van der Waals surface area contributed by atoms with Crippen LogP contribution in [0.25, 0.3) is 0 Å². The smallest absolute Gasteiger partial charge is 0.167 e. The first-order chi connectivity index (χ1) is 9.29. The summed E-state index contributed by atoms with van der Waals surface area (Å²) < 4.78 is 1.16. The SMILES string of the molecule is Br.Brc1ccc(C2(C3=CSC4=NCCN34)CCC2)cc1. The zero-order valence-corrected chi connectivity index (χ0v) is 15.1. The number of allylic oxidation sites excluding steroid dienone is 1. The van der Waals surface area contributed by atoms with E-state index in [0.29, 0.717) is 0 Å². The standard InChI is InChI=1S/C15H15BrN2S.BrH/c16-12-4-2-11(3-5-12)15(6-1-7-15)13-10-19-14-17-8-9-18(13)14;/h2-5,10H,1,6-9H2;1H. The van der Waals surface area contributed by atoms with Crippen molar-refractivity contribution in [2.45, 2.75) is 24.7 Å². The first-order valence-electron chi connectivity index (χ1n) is 6.75. The highest BCUT2D eigenvalue weighted by atomic mass is 79.9. The lowest BCUT2D eigenvalue weighted by atomic mass is 9.62. The molecule has 1 aromatic carbocycles. The van der Waals surface area contributed by atoms with E-state index >= 15 is 0 Å². The van der Waals surface area contributed by atoms with Crippen molar-refractivity contribution in [1.29, 1.82) is 0 Å². The minimum Gasteiger partial charge on any atom is -0.321 e. The number of nitrogens with zero attached hydrogens (tertiary/aromatic N) is 2. The molecule has 0 radical (unpaired) electrons. The van der Waals surface area contributed by atoms with Crippen LogP contribution in [0.15, 0.2) is 44.8 Å². The number of hydrogen-bond acceptors (Lipinski definition) is 3. The normalized spacial score (nSPS) is 22.6. The van der Waals surface area contributed by atoms with Gasteiger partial charge in [-0.3, -0.25) is 4.99 Å². The van der Waals surface area contributed by atoms with Gasteiger partial charge in [0.1, 0.15) is 0 Å². The molecule has 0 amide bonds. The lowest BCUT2D eigenvalue weighted by molar-refractivity contribution is 0.252. The van der Waals surface area contributed by atoms with Gasteiger partial charge in [-0.05, 0) is 35.9 Å². The third-order valence-electron chi connectivity index (χ3n) is 4.46. The second-order valence-electron chi connectivity index (χ2n) is 5.38. The van der Waals surface area contributed by atoms with E-state index in [2.05, 4.69) is 55.5 Å². The molecule has 1 aliphatic carbocycles. The van der Waals surface area contributed by atoms with Gasteiger partial charge in [0.15, 0.2) is 5.17 Å². The molecule has 106 valence electrons. The summed E-state index contributed by atoms with van der Waals surface area (Å²) in [6.07, 6.45) is 3.87. The van der Waals surface area contributed by atoms with E-state index in [-0.39, 0.29) is 22.4 Å². The number of hydrogen-bond donors (Lipinski definition) is 0. The largest absolute Gasteiger partial charge is 0.321 e. The highest BCUT2D eigenvalue weighted by Crippen LogP contribution is 2.53. The van der Waals surface area contributed by atoms with Gasteiger partial charge in [-0.25, -0.2) is 0 Å². The Morgan fingerprint density at radius 1 is 1.20 bits per heavy atom. The second kappa shape index (κ2) is 5.50. The van der Waals surface area contributed by atoms with Crippen LogP contribution in [0.5, 0.6) is 0 Å². The molecule has 1 saturated carbocycles. The Labute approximate surface area is 142 Å². The first kappa shape index (κ1) is 14.7. The molecule has 0 aromatic heterocycles. The van der Waals surface area contributed by atoms with Crippen LogP contribution < -0.4 is 0 Å². The molecule has 4 rings (SSSR count). The molecular formula is C15H16Br2N2S. The molecule has 3 aliphatic rings. The molecule has 0 N–H and O–H groups in total. The number of rotatable bonds is 2. The molecule has 0 bridgehead atoms. The average Bonchev–Trinajstić information content (AvgIpc) is 2.94. The zero-order chi connectivity index (χ0) is 12.9. The van der Waals surface area contributed by atoms with Crippen LogP contribution in [0.1, 0.15) is 24.8 Å². The van der Waals surface area contributed by atoms with Crippen molar-refractivity contribution in [3.63, 3.8) is 0 Å². The van der Waals surface area contributed by atoms with Gasteiger partial charge in [-0.1, -0.05) is 46.2 Å². The average molecular weight is 416 g/mol. The maximum Gasteiger partial charge on any atom is 0.167 e. The molecule has 0 atom stereocenters. The summed E-state index contributed by atoms with van der Waals surface area (Å²) in [4.78, 5) is 7.01. The summed E-state index contributed by atoms with van der Waals surface area (Å²) in [5.41, 5.74) is 3.19. The van der Waals surface area contributed by atoms with Crippen molar-refractivity contribution < 1.29 is 0 Å². The van der Waals surface area contributed by atoms with Gasteiger partial charge in [0.05, 0.1) is 6.54 Å². The topological polar surface area (TPSA) is 15.6 Å². The zero-order valence-electron chi connectivity index (χ0n) is 11.0. The van der Waals surface area contributed by atoms with E-state index in [0.717, 1.165) is 17.6 Å². The maximum absolute atomic E-state index is 4.57. The fourth-order valence-corrected chi connectivity index (χ4v) is 4.60. The van der Waals surface area contributed by atoms with Crippen LogP contribution in [-0.2, 0) is 5.41 Å². The van der Waals surface area contributed by atoms with Gasteiger partial charge in [-0.15, -0.1) is 17.0 Å². The van der Waals surface area contributed by atoms with Crippen LogP contribution in [0.4, 0.5) is 0 Å². The van der Waals surface area contributed by atoms with Gasteiger partial charge in [0.2, 0.25) is 0 Å².